The zero-order valence-electron chi connectivity index (χ0n) is 10.2. The minimum atomic E-state index is -2.88. The van der Waals surface area contributed by atoms with Gasteiger partial charge in [0.25, 0.3) is 5.92 Å². The normalized spacial score (nSPS) is 24.3. The maximum atomic E-state index is 13.1. The van der Waals surface area contributed by atoms with Crippen LogP contribution < -0.4 is 0 Å². The van der Waals surface area contributed by atoms with Gasteiger partial charge < -0.3 is 9.53 Å². The smallest absolute Gasteiger partial charge is 0.410 e. The number of aldehydes is 1. The van der Waals surface area contributed by atoms with Gasteiger partial charge >= 0.3 is 6.09 Å². The average molecular weight is 249 g/mol. The zero-order valence-corrected chi connectivity index (χ0v) is 10.2. The van der Waals surface area contributed by atoms with Gasteiger partial charge in [-0.05, 0) is 20.8 Å². The van der Waals surface area contributed by atoms with E-state index >= 15 is 0 Å². The molecule has 6 heteroatoms. The summed E-state index contributed by atoms with van der Waals surface area (Å²) in [6.07, 6.45) is -1.41. The van der Waals surface area contributed by atoms with Gasteiger partial charge in [-0.15, -0.1) is 0 Å². The molecule has 1 amide bonds. The van der Waals surface area contributed by atoms with E-state index in [1.165, 1.54) is 0 Å². The molecule has 1 atom stereocenters. The number of ether oxygens (including phenoxy) is 1. The van der Waals surface area contributed by atoms with Gasteiger partial charge in [-0.3, -0.25) is 4.90 Å². The molecule has 1 rings (SSSR count). The van der Waals surface area contributed by atoms with Crippen molar-refractivity contribution in [1.29, 1.82) is 0 Å². The van der Waals surface area contributed by atoms with Crippen LogP contribution in [0.1, 0.15) is 33.6 Å². The summed E-state index contributed by atoms with van der Waals surface area (Å²) < 4.78 is 31.2. The summed E-state index contributed by atoms with van der Waals surface area (Å²) in [5, 5.41) is 0. The molecule has 1 aliphatic heterocycles. The van der Waals surface area contributed by atoms with Gasteiger partial charge in [0.1, 0.15) is 11.9 Å². The lowest BCUT2D eigenvalue weighted by molar-refractivity contribution is -0.123. The second-order valence-corrected chi connectivity index (χ2v) is 5.19. The predicted molar refractivity (Wildman–Crippen MR) is 57.0 cm³/mol. The van der Waals surface area contributed by atoms with E-state index in [4.69, 9.17) is 4.74 Å². The van der Waals surface area contributed by atoms with Crippen molar-refractivity contribution in [2.24, 2.45) is 0 Å². The van der Waals surface area contributed by atoms with E-state index in [1.807, 2.05) is 0 Å². The third-order valence-electron chi connectivity index (χ3n) is 2.41. The minimum absolute atomic E-state index is 0.161. The van der Waals surface area contributed by atoms with Crippen LogP contribution in [0.5, 0.6) is 0 Å². The SMILES string of the molecule is CC(C)(C)OC(=O)N1CCC(F)(F)CC1C=O. The van der Waals surface area contributed by atoms with Crippen LogP contribution in [-0.2, 0) is 9.53 Å². The van der Waals surface area contributed by atoms with Crippen LogP contribution in [0.2, 0.25) is 0 Å². The van der Waals surface area contributed by atoms with Crippen LogP contribution >= 0.6 is 0 Å². The van der Waals surface area contributed by atoms with Gasteiger partial charge in [-0.1, -0.05) is 0 Å². The fraction of sp³-hybridized carbons (Fsp3) is 0.818. The Hall–Kier alpha value is -1.20. The fourth-order valence-corrected chi connectivity index (χ4v) is 1.64. The lowest BCUT2D eigenvalue weighted by Crippen LogP contribution is -2.51. The highest BCUT2D eigenvalue weighted by Gasteiger charge is 2.43. The molecule has 0 aromatic rings. The van der Waals surface area contributed by atoms with E-state index < -0.39 is 36.5 Å². The molecule has 0 radical (unpaired) electrons. The second-order valence-electron chi connectivity index (χ2n) is 5.19. The Balaban J connectivity index is 2.71. The number of carbonyl (C=O) groups excluding carboxylic acids is 2. The Morgan fingerprint density at radius 3 is 2.53 bits per heavy atom. The molecule has 4 nitrogen and oxygen atoms in total. The molecule has 17 heavy (non-hydrogen) atoms. The summed E-state index contributed by atoms with van der Waals surface area (Å²) in [5.74, 6) is -2.88. The van der Waals surface area contributed by atoms with Gasteiger partial charge in [-0.25, -0.2) is 13.6 Å². The fourth-order valence-electron chi connectivity index (χ4n) is 1.64. The number of amides is 1. The van der Waals surface area contributed by atoms with Gasteiger partial charge in [-0.2, -0.15) is 0 Å². The molecule has 0 aliphatic carbocycles. The number of piperidine rings is 1. The number of halogens is 2. The van der Waals surface area contributed by atoms with Crippen LogP contribution in [-0.4, -0.2) is 41.4 Å². The average Bonchev–Trinajstić information content (AvgIpc) is 2.13. The number of hydrogen-bond acceptors (Lipinski definition) is 3. The Labute approximate surface area is 98.9 Å². The van der Waals surface area contributed by atoms with Crippen molar-refractivity contribution in [2.45, 2.75) is 51.2 Å². The zero-order chi connectivity index (χ0) is 13.3. The summed E-state index contributed by atoms with van der Waals surface area (Å²) in [5.41, 5.74) is -0.704. The first-order valence-electron chi connectivity index (χ1n) is 5.47. The quantitative estimate of drug-likeness (QED) is 0.669. The van der Waals surface area contributed by atoms with Crippen molar-refractivity contribution in [3.05, 3.63) is 0 Å². The van der Waals surface area contributed by atoms with Crippen LogP contribution in [0.25, 0.3) is 0 Å². The van der Waals surface area contributed by atoms with Crippen LogP contribution in [0.4, 0.5) is 13.6 Å². The summed E-state index contributed by atoms with van der Waals surface area (Å²) in [4.78, 5) is 23.5. The molecule has 0 saturated carbocycles. The van der Waals surface area contributed by atoms with Crippen LogP contribution in [0.3, 0.4) is 0 Å². The first-order valence-corrected chi connectivity index (χ1v) is 5.47. The molecular formula is C11H17F2NO3. The molecule has 0 bridgehead atoms. The maximum absolute atomic E-state index is 13.1. The molecular weight excluding hydrogens is 232 g/mol. The molecule has 1 fully saturated rings. The first kappa shape index (κ1) is 13.9. The van der Waals surface area contributed by atoms with Gasteiger partial charge in [0.15, 0.2) is 0 Å². The maximum Gasteiger partial charge on any atom is 0.410 e. The minimum Gasteiger partial charge on any atom is -0.444 e. The molecule has 1 aliphatic rings. The van der Waals surface area contributed by atoms with Gasteiger partial charge in [0.2, 0.25) is 0 Å². The molecule has 1 saturated heterocycles. The highest BCUT2D eigenvalue weighted by molar-refractivity contribution is 5.74. The van der Waals surface area contributed by atoms with E-state index in [-0.39, 0.29) is 6.54 Å². The highest BCUT2D eigenvalue weighted by atomic mass is 19.3. The van der Waals surface area contributed by atoms with Crippen molar-refractivity contribution in [3.8, 4) is 0 Å². The predicted octanol–water partition coefficient (Wildman–Crippen LogP) is 2.22. The van der Waals surface area contributed by atoms with E-state index in [1.54, 1.807) is 20.8 Å². The van der Waals surface area contributed by atoms with Crippen molar-refractivity contribution in [2.75, 3.05) is 6.54 Å². The topological polar surface area (TPSA) is 46.6 Å². The summed E-state index contributed by atoms with van der Waals surface area (Å²) in [6.45, 7) is 4.88. The molecule has 0 aromatic carbocycles. The van der Waals surface area contributed by atoms with Crippen molar-refractivity contribution in [1.82, 2.24) is 4.90 Å². The molecule has 1 unspecified atom stereocenters. The van der Waals surface area contributed by atoms with Crippen molar-refractivity contribution in [3.63, 3.8) is 0 Å². The largest absolute Gasteiger partial charge is 0.444 e. The summed E-state index contributed by atoms with van der Waals surface area (Å²) in [7, 11) is 0. The van der Waals surface area contributed by atoms with E-state index in [2.05, 4.69) is 0 Å². The number of nitrogens with zero attached hydrogens (tertiary/aromatic N) is 1. The number of hydrogen-bond donors (Lipinski definition) is 0. The lowest BCUT2D eigenvalue weighted by Gasteiger charge is -2.37. The number of alkyl halides is 2. The summed E-state index contributed by atoms with van der Waals surface area (Å²) in [6, 6.07) is -1.10. The molecule has 1 heterocycles. The Morgan fingerprint density at radius 1 is 1.47 bits per heavy atom. The van der Waals surface area contributed by atoms with Crippen molar-refractivity contribution < 1.29 is 23.1 Å². The number of carbonyl (C=O) groups is 2. The van der Waals surface area contributed by atoms with Crippen LogP contribution in [0, 0.1) is 0 Å². The van der Waals surface area contributed by atoms with Gasteiger partial charge in [0.05, 0.1) is 6.04 Å². The third-order valence-corrected chi connectivity index (χ3v) is 2.41. The van der Waals surface area contributed by atoms with E-state index in [9.17, 15) is 18.4 Å². The molecule has 0 N–H and O–H groups in total. The van der Waals surface area contributed by atoms with Crippen LogP contribution in [0.15, 0.2) is 0 Å². The number of rotatable bonds is 1. The molecule has 0 aromatic heterocycles. The van der Waals surface area contributed by atoms with Crippen molar-refractivity contribution >= 4 is 12.4 Å². The van der Waals surface area contributed by atoms with E-state index in [0.717, 1.165) is 4.90 Å². The highest BCUT2D eigenvalue weighted by Crippen LogP contribution is 2.31. The Morgan fingerprint density at radius 2 is 2.06 bits per heavy atom. The van der Waals surface area contributed by atoms with E-state index in [0.29, 0.717) is 6.29 Å². The Kier molecular flexibility index (Phi) is 3.74. The Bertz CT molecular complexity index is 312. The molecule has 0 spiro atoms. The third kappa shape index (κ3) is 3.94. The lowest BCUT2D eigenvalue weighted by atomic mass is 10.00. The van der Waals surface area contributed by atoms with Gasteiger partial charge in [0, 0.05) is 19.4 Å². The first-order chi connectivity index (χ1) is 7.64. The summed E-state index contributed by atoms with van der Waals surface area (Å²) >= 11 is 0. The standard InChI is InChI=1S/C11H17F2NO3/c1-10(2,3)17-9(16)14-5-4-11(12,13)6-8(14)7-15/h7-8H,4-6H2,1-3H3. The second kappa shape index (κ2) is 4.58. The molecule has 98 valence electrons. The number of likely N-dealkylation sites (tertiary alicyclic amines) is 1. The monoisotopic (exact) mass is 249 g/mol.